The van der Waals surface area contributed by atoms with Crippen LogP contribution in [0.4, 0.5) is 11.5 Å². The molecular formula is C12H20N4O4. The van der Waals surface area contributed by atoms with Gasteiger partial charge in [-0.1, -0.05) is 6.92 Å². The zero-order valence-corrected chi connectivity index (χ0v) is 12.2. The summed E-state index contributed by atoms with van der Waals surface area (Å²) < 4.78 is 10.2. The Balaban J connectivity index is 3.11. The molecular weight excluding hydrogens is 264 g/mol. The third-order valence-electron chi connectivity index (χ3n) is 2.67. The summed E-state index contributed by atoms with van der Waals surface area (Å²) in [5, 5.41) is 14.2. The monoisotopic (exact) mass is 284 g/mol. The fourth-order valence-corrected chi connectivity index (χ4v) is 1.46. The summed E-state index contributed by atoms with van der Waals surface area (Å²) in [4.78, 5) is 18.8. The van der Waals surface area contributed by atoms with Crippen molar-refractivity contribution >= 4 is 11.5 Å². The molecule has 0 aliphatic rings. The summed E-state index contributed by atoms with van der Waals surface area (Å²) in [6.07, 6.45) is 0.820. The highest BCUT2D eigenvalue weighted by atomic mass is 16.6. The normalized spacial score (nSPS) is 12.0. The average molecular weight is 284 g/mol. The molecule has 0 saturated carbocycles. The molecule has 0 saturated heterocycles. The van der Waals surface area contributed by atoms with Crippen molar-refractivity contribution < 1.29 is 14.4 Å². The Kier molecular flexibility index (Phi) is 6.10. The summed E-state index contributed by atoms with van der Waals surface area (Å²) in [7, 11) is 1.53. The lowest BCUT2D eigenvalue weighted by Crippen LogP contribution is -2.17. The van der Waals surface area contributed by atoms with Crippen molar-refractivity contribution in [2.45, 2.75) is 33.2 Å². The number of nitrogens with zero attached hydrogens (tertiary/aromatic N) is 3. The Labute approximate surface area is 117 Å². The molecule has 0 aliphatic heterocycles. The van der Waals surface area contributed by atoms with Crippen molar-refractivity contribution in [3.63, 3.8) is 0 Å². The van der Waals surface area contributed by atoms with E-state index in [1.807, 2.05) is 13.8 Å². The van der Waals surface area contributed by atoms with Gasteiger partial charge >= 0.3 is 5.69 Å². The average Bonchev–Trinajstić information content (AvgIpc) is 2.37. The van der Waals surface area contributed by atoms with E-state index >= 15 is 0 Å². The molecule has 0 fully saturated rings. The predicted molar refractivity (Wildman–Crippen MR) is 74.2 cm³/mol. The molecule has 112 valence electrons. The van der Waals surface area contributed by atoms with E-state index in [2.05, 4.69) is 15.3 Å². The first-order valence-corrected chi connectivity index (χ1v) is 6.40. The molecule has 1 heterocycles. The number of nitro groups is 1. The molecule has 8 nitrogen and oxygen atoms in total. The Hall–Kier alpha value is -1.96. The summed E-state index contributed by atoms with van der Waals surface area (Å²) in [5.74, 6) is 0.559. The van der Waals surface area contributed by atoms with E-state index in [-0.39, 0.29) is 30.0 Å². The molecule has 1 aromatic heterocycles. The SMILES string of the molecule is CCC(C)Nc1nc(C)nc(OCCOC)c1[N+](=O)[O-]. The van der Waals surface area contributed by atoms with Gasteiger partial charge in [0.05, 0.1) is 11.5 Å². The number of hydrogen-bond donors (Lipinski definition) is 1. The Bertz CT molecular complexity index is 467. The quantitative estimate of drug-likeness (QED) is 0.442. The first-order chi connectivity index (χ1) is 9.49. The number of methoxy groups -OCH3 is 1. The maximum Gasteiger partial charge on any atom is 0.372 e. The predicted octanol–water partition coefficient (Wildman–Crippen LogP) is 1.93. The Morgan fingerprint density at radius 3 is 2.65 bits per heavy atom. The van der Waals surface area contributed by atoms with E-state index in [1.165, 1.54) is 7.11 Å². The highest BCUT2D eigenvalue weighted by molar-refractivity contribution is 5.62. The second kappa shape index (κ2) is 7.59. The molecule has 0 radical (unpaired) electrons. The minimum absolute atomic E-state index is 0.0367. The summed E-state index contributed by atoms with van der Waals surface area (Å²) in [6.45, 7) is 6.08. The minimum atomic E-state index is -0.535. The molecule has 1 aromatic rings. The van der Waals surface area contributed by atoms with Gasteiger partial charge in [0.15, 0.2) is 0 Å². The topological polar surface area (TPSA) is 99.4 Å². The first-order valence-electron chi connectivity index (χ1n) is 6.40. The van der Waals surface area contributed by atoms with Gasteiger partial charge in [-0.15, -0.1) is 0 Å². The van der Waals surface area contributed by atoms with Crippen molar-refractivity contribution in [1.29, 1.82) is 0 Å². The van der Waals surface area contributed by atoms with Gasteiger partial charge in [-0.05, 0) is 20.3 Å². The first kappa shape index (κ1) is 16.1. The van der Waals surface area contributed by atoms with Crippen LogP contribution in [0.15, 0.2) is 0 Å². The molecule has 1 N–H and O–H groups in total. The molecule has 1 atom stereocenters. The molecule has 0 aromatic carbocycles. The number of hydrogen-bond acceptors (Lipinski definition) is 7. The van der Waals surface area contributed by atoms with Crippen LogP contribution in [0.2, 0.25) is 0 Å². The zero-order valence-electron chi connectivity index (χ0n) is 12.2. The van der Waals surface area contributed by atoms with Gasteiger partial charge in [-0.3, -0.25) is 10.1 Å². The summed E-state index contributed by atoms with van der Waals surface area (Å²) in [6, 6.07) is 0.0647. The smallest absolute Gasteiger partial charge is 0.372 e. The number of aromatic nitrogens is 2. The van der Waals surface area contributed by atoms with E-state index in [1.54, 1.807) is 6.92 Å². The van der Waals surface area contributed by atoms with Crippen LogP contribution in [-0.2, 0) is 4.74 Å². The van der Waals surface area contributed by atoms with Gasteiger partial charge < -0.3 is 14.8 Å². The maximum atomic E-state index is 11.2. The van der Waals surface area contributed by atoms with Crippen LogP contribution < -0.4 is 10.1 Å². The highest BCUT2D eigenvalue weighted by Gasteiger charge is 2.26. The van der Waals surface area contributed by atoms with Crippen LogP contribution in [0.25, 0.3) is 0 Å². The Morgan fingerprint density at radius 1 is 1.40 bits per heavy atom. The second-order valence-electron chi connectivity index (χ2n) is 4.33. The van der Waals surface area contributed by atoms with Crippen LogP contribution in [-0.4, -0.2) is 41.3 Å². The number of anilines is 1. The summed E-state index contributed by atoms with van der Waals surface area (Å²) in [5.41, 5.74) is -0.244. The summed E-state index contributed by atoms with van der Waals surface area (Å²) >= 11 is 0. The fourth-order valence-electron chi connectivity index (χ4n) is 1.46. The number of ether oxygens (including phenoxy) is 2. The lowest BCUT2D eigenvalue weighted by atomic mass is 10.2. The van der Waals surface area contributed by atoms with Gasteiger partial charge in [0, 0.05) is 13.2 Å². The van der Waals surface area contributed by atoms with Gasteiger partial charge in [-0.2, -0.15) is 4.98 Å². The molecule has 8 heteroatoms. The minimum Gasteiger partial charge on any atom is -0.470 e. The zero-order chi connectivity index (χ0) is 15.1. The van der Waals surface area contributed by atoms with Crippen LogP contribution in [0, 0.1) is 17.0 Å². The van der Waals surface area contributed by atoms with Crippen LogP contribution >= 0.6 is 0 Å². The van der Waals surface area contributed by atoms with Crippen LogP contribution in [0.5, 0.6) is 5.88 Å². The maximum absolute atomic E-state index is 11.2. The van der Waals surface area contributed by atoms with Crippen LogP contribution in [0.1, 0.15) is 26.1 Å². The second-order valence-corrected chi connectivity index (χ2v) is 4.33. The van der Waals surface area contributed by atoms with Crippen molar-refractivity contribution in [3.8, 4) is 5.88 Å². The van der Waals surface area contributed by atoms with E-state index in [0.717, 1.165) is 6.42 Å². The molecule has 0 spiro atoms. The van der Waals surface area contributed by atoms with Gasteiger partial charge in [0.2, 0.25) is 5.82 Å². The van der Waals surface area contributed by atoms with Crippen molar-refractivity contribution in [2.24, 2.45) is 0 Å². The fraction of sp³-hybridized carbons (Fsp3) is 0.667. The third kappa shape index (κ3) is 4.30. The number of nitrogens with one attached hydrogen (secondary N) is 1. The van der Waals surface area contributed by atoms with E-state index < -0.39 is 4.92 Å². The van der Waals surface area contributed by atoms with Gasteiger partial charge in [-0.25, -0.2) is 4.98 Å². The molecule has 1 unspecified atom stereocenters. The van der Waals surface area contributed by atoms with Gasteiger partial charge in [0.1, 0.15) is 12.4 Å². The van der Waals surface area contributed by atoms with E-state index in [4.69, 9.17) is 9.47 Å². The highest BCUT2D eigenvalue weighted by Crippen LogP contribution is 2.32. The van der Waals surface area contributed by atoms with Crippen molar-refractivity contribution in [1.82, 2.24) is 9.97 Å². The molecule has 20 heavy (non-hydrogen) atoms. The lowest BCUT2D eigenvalue weighted by Gasteiger charge is -2.14. The molecule has 0 bridgehead atoms. The van der Waals surface area contributed by atoms with Gasteiger partial charge in [0.25, 0.3) is 5.88 Å². The number of rotatable bonds is 8. The lowest BCUT2D eigenvalue weighted by molar-refractivity contribution is -0.385. The Morgan fingerprint density at radius 2 is 2.10 bits per heavy atom. The van der Waals surface area contributed by atoms with Crippen molar-refractivity contribution in [2.75, 3.05) is 25.6 Å². The third-order valence-corrected chi connectivity index (χ3v) is 2.67. The standard InChI is InChI=1S/C12H20N4O4/c1-5-8(2)13-11-10(16(17)18)12(15-9(3)14-11)20-7-6-19-4/h8H,5-7H2,1-4H3,(H,13,14,15). The van der Waals surface area contributed by atoms with E-state index in [9.17, 15) is 10.1 Å². The molecule has 1 rings (SSSR count). The largest absolute Gasteiger partial charge is 0.470 e. The number of aryl methyl sites for hydroxylation is 1. The van der Waals surface area contributed by atoms with Crippen LogP contribution in [0.3, 0.4) is 0 Å². The van der Waals surface area contributed by atoms with E-state index in [0.29, 0.717) is 12.4 Å². The van der Waals surface area contributed by atoms with Crippen molar-refractivity contribution in [3.05, 3.63) is 15.9 Å². The molecule has 0 aliphatic carbocycles. The molecule has 0 amide bonds.